The van der Waals surface area contributed by atoms with Crippen LogP contribution in [0.2, 0.25) is 5.02 Å². The molecule has 24 heavy (non-hydrogen) atoms. The number of hydrogen-bond acceptors (Lipinski definition) is 2. The smallest absolute Gasteiger partial charge is 0.318 e. The van der Waals surface area contributed by atoms with E-state index in [1.807, 2.05) is 0 Å². The van der Waals surface area contributed by atoms with Crippen molar-refractivity contribution in [2.24, 2.45) is 0 Å². The van der Waals surface area contributed by atoms with Gasteiger partial charge in [-0.25, -0.2) is 9.18 Å². The predicted molar refractivity (Wildman–Crippen MR) is 93.6 cm³/mol. The average Bonchev–Trinajstić information content (AvgIpc) is 3.28. The molecule has 0 spiro atoms. The first-order chi connectivity index (χ1) is 11.6. The number of nitrogens with zero attached hydrogens (tertiary/aromatic N) is 2. The largest absolute Gasteiger partial charge is 0.334 e. The molecule has 0 unspecified atom stereocenters. The summed E-state index contributed by atoms with van der Waals surface area (Å²) in [6, 6.07) is 4.94. The van der Waals surface area contributed by atoms with Crippen molar-refractivity contribution in [1.82, 2.24) is 15.1 Å². The zero-order valence-electron chi connectivity index (χ0n) is 14.1. The van der Waals surface area contributed by atoms with Crippen molar-refractivity contribution < 1.29 is 9.18 Å². The van der Waals surface area contributed by atoms with Gasteiger partial charge < -0.3 is 15.1 Å². The van der Waals surface area contributed by atoms with E-state index in [1.54, 1.807) is 17.0 Å². The summed E-state index contributed by atoms with van der Waals surface area (Å²) >= 11 is 6.12. The fourth-order valence-corrected chi connectivity index (χ4v) is 3.56. The standard InChI is InChI=1S/C18H25ClFN3O/c1-2-9-22-10-8-13(11-22)21-18(24)23(14-6-7-14)12-15-16(19)4-3-5-17(15)20/h3-5,13-14H,2,6-12H2,1H3,(H,21,24)/t13-/m0/s1. The number of halogens is 2. The lowest BCUT2D eigenvalue weighted by molar-refractivity contribution is 0.187. The van der Waals surface area contributed by atoms with Gasteiger partial charge in [0, 0.05) is 35.8 Å². The molecule has 1 N–H and O–H groups in total. The number of nitrogens with one attached hydrogen (secondary N) is 1. The van der Waals surface area contributed by atoms with E-state index in [0.717, 1.165) is 45.3 Å². The highest BCUT2D eigenvalue weighted by Crippen LogP contribution is 2.31. The maximum atomic E-state index is 14.0. The van der Waals surface area contributed by atoms with Gasteiger partial charge in [0.25, 0.3) is 0 Å². The quantitative estimate of drug-likeness (QED) is 0.847. The van der Waals surface area contributed by atoms with E-state index >= 15 is 0 Å². The summed E-state index contributed by atoms with van der Waals surface area (Å²) < 4.78 is 14.0. The minimum atomic E-state index is -0.351. The molecule has 1 aliphatic carbocycles. The van der Waals surface area contributed by atoms with Crippen LogP contribution in [0.25, 0.3) is 0 Å². The van der Waals surface area contributed by atoms with Crippen LogP contribution < -0.4 is 5.32 Å². The Labute approximate surface area is 147 Å². The van der Waals surface area contributed by atoms with E-state index in [9.17, 15) is 9.18 Å². The topological polar surface area (TPSA) is 35.6 Å². The molecule has 6 heteroatoms. The summed E-state index contributed by atoms with van der Waals surface area (Å²) in [6.45, 7) is 5.40. The lowest BCUT2D eigenvalue weighted by atomic mass is 10.2. The molecule has 0 radical (unpaired) electrons. The second kappa shape index (κ2) is 7.70. The second-order valence-electron chi connectivity index (χ2n) is 6.79. The van der Waals surface area contributed by atoms with Crippen molar-refractivity contribution in [1.29, 1.82) is 0 Å². The molecule has 1 aromatic carbocycles. The summed E-state index contributed by atoms with van der Waals surface area (Å²) in [5.41, 5.74) is 0.403. The number of rotatable bonds is 6. The SMILES string of the molecule is CCCN1CC[C@H](NC(=O)N(Cc2c(F)cccc2Cl)C2CC2)C1. The molecule has 2 amide bonds. The Morgan fingerprint density at radius 3 is 2.88 bits per heavy atom. The van der Waals surface area contributed by atoms with Crippen LogP contribution in [0.15, 0.2) is 18.2 Å². The van der Waals surface area contributed by atoms with Crippen LogP contribution in [0.4, 0.5) is 9.18 Å². The van der Waals surface area contributed by atoms with Gasteiger partial charge in [0.15, 0.2) is 0 Å². The highest BCUT2D eigenvalue weighted by atomic mass is 35.5. The van der Waals surface area contributed by atoms with Crippen LogP contribution in [0.3, 0.4) is 0 Å². The molecular formula is C18H25ClFN3O. The van der Waals surface area contributed by atoms with Gasteiger partial charge in [-0.1, -0.05) is 24.6 Å². The normalized spacial score (nSPS) is 21.0. The number of carbonyl (C=O) groups excluding carboxylic acids is 1. The van der Waals surface area contributed by atoms with Gasteiger partial charge in [0.05, 0.1) is 6.54 Å². The monoisotopic (exact) mass is 353 g/mol. The van der Waals surface area contributed by atoms with Crippen molar-refractivity contribution in [2.75, 3.05) is 19.6 Å². The molecular weight excluding hydrogens is 329 g/mol. The van der Waals surface area contributed by atoms with Gasteiger partial charge in [-0.05, 0) is 44.4 Å². The van der Waals surface area contributed by atoms with E-state index in [2.05, 4.69) is 17.1 Å². The lowest BCUT2D eigenvalue weighted by Crippen LogP contribution is -2.46. The van der Waals surface area contributed by atoms with Gasteiger partial charge in [-0.3, -0.25) is 0 Å². The Kier molecular flexibility index (Phi) is 5.61. The fraction of sp³-hybridized carbons (Fsp3) is 0.611. The molecule has 1 heterocycles. The van der Waals surface area contributed by atoms with Crippen LogP contribution in [0, 0.1) is 5.82 Å². The summed E-state index contributed by atoms with van der Waals surface area (Å²) in [7, 11) is 0. The first kappa shape index (κ1) is 17.5. The van der Waals surface area contributed by atoms with Crippen molar-refractivity contribution in [2.45, 2.75) is 51.2 Å². The van der Waals surface area contributed by atoms with E-state index in [1.165, 1.54) is 6.07 Å². The Hall–Kier alpha value is -1.33. The van der Waals surface area contributed by atoms with E-state index in [-0.39, 0.29) is 30.5 Å². The third-order valence-corrected chi connectivity index (χ3v) is 5.13. The summed E-state index contributed by atoms with van der Waals surface area (Å²) in [6.07, 6.45) is 4.06. The number of hydrogen-bond donors (Lipinski definition) is 1. The second-order valence-corrected chi connectivity index (χ2v) is 7.20. The maximum absolute atomic E-state index is 14.0. The lowest BCUT2D eigenvalue weighted by Gasteiger charge is -2.26. The van der Waals surface area contributed by atoms with Crippen molar-refractivity contribution in [3.63, 3.8) is 0 Å². The van der Waals surface area contributed by atoms with Gasteiger partial charge in [0.1, 0.15) is 5.82 Å². The number of likely N-dealkylation sites (tertiary alicyclic amines) is 1. The minimum Gasteiger partial charge on any atom is -0.334 e. The molecule has 3 rings (SSSR count). The van der Waals surface area contributed by atoms with Crippen LogP contribution in [-0.2, 0) is 6.54 Å². The first-order valence-corrected chi connectivity index (χ1v) is 9.18. The Morgan fingerprint density at radius 1 is 1.42 bits per heavy atom. The molecule has 0 aromatic heterocycles. The molecule has 2 aliphatic rings. The van der Waals surface area contributed by atoms with Crippen LogP contribution in [-0.4, -0.2) is 47.5 Å². The highest BCUT2D eigenvalue weighted by Gasteiger charge is 2.35. The molecule has 4 nitrogen and oxygen atoms in total. The zero-order chi connectivity index (χ0) is 17.1. The first-order valence-electron chi connectivity index (χ1n) is 8.81. The van der Waals surface area contributed by atoms with Crippen LogP contribution in [0.5, 0.6) is 0 Å². The van der Waals surface area contributed by atoms with Crippen molar-refractivity contribution in [3.05, 3.63) is 34.6 Å². The van der Waals surface area contributed by atoms with E-state index in [0.29, 0.717) is 10.6 Å². The van der Waals surface area contributed by atoms with Crippen LogP contribution >= 0.6 is 11.6 Å². The predicted octanol–water partition coefficient (Wildman–Crippen LogP) is 3.64. The molecule has 1 atom stereocenters. The third kappa shape index (κ3) is 4.19. The molecule has 1 aliphatic heterocycles. The summed E-state index contributed by atoms with van der Waals surface area (Å²) in [4.78, 5) is 16.8. The molecule has 2 fully saturated rings. The number of benzene rings is 1. The summed E-state index contributed by atoms with van der Waals surface area (Å²) in [5.74, 6) is -0.351. The fourth-order valence-electron chi connectivity index (χ4n) is 3.33. The Bertz CT molecular complexity index is 573. The third-order valence-electron chi connectivity index (χ3n) is 4.78. The van der Waals surface area contributed by atoms with Crippen molar-refractivity contribution >= 4 is 17.6 Å². The Balaban J connectivity index is 1.62. The minimum absolute atomic E-state index is 0.0971. The van der Waals surface area contributed by atoms with E-state index < -0.39 is 0 Å². The van der Waals surface area contributed by atoms with Crippen molar-refractivity contribution in [3.8, 4) is 0 Å². The van der Waals surface area contributed by atoms with E-state index in [4.69, 9.17) is 11.6 Å². The zero-order valence-corrected chi connectivity index (χ0v) is 14.9. The summed E-state index contributed by atoms with van der Waals surface area (Å²) in [5, 5.41) is 3.51. The molecule has 132 valence electrons. The highest BCUT2D eigenvalue weighted by molar-refractivity contribution is 6.31. The number of carbonyl (C=O) groups is 1. The van der Waals surface area contributed by atoms with Crippen LogP contribution in [0.1, 0.15) is 38.2 Å². The van der Waals surface area contributed by atoms with Gasteiger partial charge in [-0.2, -0.15) is 0 Å². The maximum Gasteiger partial charge on any atom is 0.318 e. The number of amides is 2. The Morgan fingerprint density at radius 2 is 2.21 bits per heavy atom. The van der Waals surface area contributed by atoms with Gasteiger partial charge >= 0.3 is 6.03 Å². The molecule has 1 aromatic rings. The van der Waals surface area contributed by atoms with Gasteiger partial charge in [-0.15, -0.1) is 0 Å². The van der Waals surface area contributed by atoms with Gasteiger partial charge in [0.2, 0.25) is 0 Å². The molecule has 1 saturated carbocycles. The average molecular weight is 354 g/mol. The molecule has 1 saturated heterocycles. The molecule has 0 bridgehead atoms. The number of urea groups is 1.